The number of aromatic amines is 1. The van der Waals surface area contributed by atoms with Gasteiger partial charge in [0.2, 0.25) is 5.82 Å². The van der Waals surface area contributed by atoms with Gasteiger partial charge in [-0.15, -0.1) is 10.2 Å². The number of hydrogen-bond donors (Lipinski definition) is 4. The summed E-state index contributed by atoms with van der Waals surface area (Å²) in [5.41, 5.74) is 7.76. The Hall–Kier alpha value is -5.93. The third-order valence-electron chi connectivity index (χ3n) is 8.72. The molecule has 1 aliphatic heterocycles. The molecule has 1 atom stereocenters. The van der Waals surface area contributed by atoms with Crippen LogP contribution in [0.5, 0.6) is 0 Å². The van der Waals surface area contributed by atoms with Crippen LogP contribution in [0.2, 0.25) is 0 Å². The van der Waals surface area contributed by atoms with Crippen molar-refractivity contribution in [2.24, 2.45) is 0 Å². The number of anilines is 2. The number of nitrogens with one attached hydrogen (secondary N) is 3. The Morgan fingerprint density at radius 1 is 1.09 bits per heavy atom. The summed E-state index contributed by atoms with van der Waals surface area (Å²) < 4.78 is 29.9. The van der Waals surface area contributed by atoms with E-state index in [9.17, 15) is 28.0 Å². The molecule has 14 nitrogen and oxygen atoms in total. The largest absolute Gasteiger partial charge is 0.394 e. The van der Waals surface area contributed by atoms with Crippen LogP contribution < -0.4 is 32.1 Å². The van der Waals surface area contributed by atoms with Crippen molar-refractivity contribution < 1.29 is 18.4 Å². The van der Waals surface area contributed by atoms with Gasteiger partial charge in [-0.05, 0) is 52.8 Å². The van der Waals surface area contributed by atoms with Gasteiger partial charge in [0.1, 0.15) is 29.1 Å². The second-order valence-corrected chi connectivity index (χ2v) is 11.5. The molecule has 3 aromatic carbocycles. The van der Waals surface area contributed by atoms with Gasteiger partial charge in [0.15, 0.2) is 0 Å². The summed E-state index contributed by atoms with van der Waals surface area (Å²) >= 11 is 0. The summed E-state index contributed by atoms with van der Waals surface area (Å²) in [6.45, 7) is 1.10. The monoisotopic (exact) mass is 640 g/mol. The van der Waals surface area contributed by atoms with Crippen molar-refractivity contribution in [1.82, 2.24) is 41.2 Å². The average Bonchev–Trinajstić information content (AvgIpc) is 3.74. The Balaban J connectivity index is 1.02. The SMILES string of the molecule is Cc1c(-c2nn[nH]n2)ccc2c1CC[C@@H]2NC(=O)c1cc(C(=O)NCc2ccc3c(c2)CN(c2c(N)c(=O)c2=O)CC3(F)F)ncn1. The Bertz CT molecular complexity index is 2140. The van der Waals surface area contributed by atoms with E-state index in [-0.39, 0.29) is 53.0 Å². The molecule has 2 aliphatic rings. The van der Waals surface area contributed by atoms with Crippen molar-refractivity contribution in [2.45, 2.75) is 44.8 Å². The first-order chi connectivity index (χ1) is 22.5. The summed E-state index contributed by atoms with van der Waals surface area (Å²) in [5, 5.41) is 19.9. The molecule has 16 heteroatoms. The first-order valence-electron chi connectivity index (χ1n) is 14.6. The zero-order valence-electron chi connectivity index (χ0n) is 24.8. The van der Waals surface area contributed by atoms with E-state index in [0.29, 0.717) is 17.8 Å². The number of carbonyl (C=O) groups excluding carboxylic acids is 2. The highest BCUT2D eigenvalue weighted by molar-refractivity contribution is 5.97. The fourth-order valence-electron chi connectivity index (χ4n) is 6.36. The minimum absolute atomic E-state index is 0.00689. The van der Waals surface area contributed by atoms with E-state index in [1.165, 1.54) is 24.3 Å². The molecule has 0 radical (unpaired) electrons. The first-order valence-corrected chi connectivity index (χ1v) is 14.6. The van der Waals surface area contributed by atoms with Gasteiger partial charge < -0.3 is 21.3 Å². The van der Waals surface area contributed by atoms with E-state index in [1.54, 1.807) is 0 Å². The summed E-state index contributed by atoms with van der Waals surface area (Å²) in [6, 6.07) is 9.11. The van der Waals surface area contributed by atoms with Gasteiger partial charge in [-0.1, -0.05) is 30.3 Å². The average molecular weight is 641 g/mol. The van der Waals surface area contributed by atoms with Gasteiger partial charge in [-0.25, -0.2) is 9.97 Å². The molecule has 0 fully saturated rings. The van der Waals surface area contributed by atoms with Gasteiger partial charge in [0.25, 0.3) is 28.6 Å². The summed E-state index contributed by atoms with van der Waals surface area (Å²) in [4.78, 5) is 58.8. The molecule has 0 spiro atoms. The van der Waals surface area contributed by atoms with Crippen molar-refractivity contribution in [3.63, 3.8) is 0 Å². The van der Waals surface area contributed by atoms with Crippen molar-refractivity contribution in [2.75, 3.05) is 17.2 Å². The normalized spacial score (nSPS) is 16.5. The molecular weight excluding hydrogens is 614 g/mol. The van der Waals surface area contributed by atoms with Crippen LogP contribution in [0.15, 0.2) is 52.3 Å². The molecule has 238 valence electrons. The predicted molar refractivity (Wildman–Crippen MR) is 163 cm³/mol. The maximum atomic E-state index is 15.0. The van der Waals surface area contributed by atoms with E-state index >= 15 is 0 Å². The Morgan fingerprint density at radius 3 is 2.62 bits per heavy atom. The number of carbonyl (C=O) groups is 2. The highest BCUT2D eigenvalue weighted by atomic mass is 19.3. The fourth-order valence-corrected chi connectivity index (χ4v) is 6.36. The molecular formula is C31H26F2N10O4. The Labute approximate surface area is 264 Å². The third-order valence-corrected chi connectivity index (χ3v) is 8.72. The number of nitrogens with two attached hydrogens (primary N) is 1. The number of rotatable bonds is 7. The van der Waals surface area contributed by atoms with E-state index in [2.05, 4.69) is 41.2 Å². The number of nitrogens with zero attached hydrogens (tertiary/aromatic N) is 6. The van der Waals surface area contributed by atoms with Gasteiger partial charge in [-0.2, -0.15) is 14.0 Å². The molecule has 0 saturated heterocycles. The predicted octanol–water partition coefficient (Wildman–Crippen LogP) is 1.60. The maximum Gasteiger partial charge on any atom is 0.290 e. The number of tetrazole rings is 1. The number of hydrogen-bond acceptors (Lipinski definition) is 11. The topological polar surface area (TPSA) is 202 Å². The lowest BCUT2D eigenvalue weighted by Crippen LogP contribution is -2.48. The number of nitrogen functional groups attached to an aromatic ring is 1. The Morgan fingerprint density at radius 2 is 1.87 bits per heavy atom. The molecule has 1 aliphatic carbocycles. The molecule has 5 N–H and O–H groups in total. The molecule has 0 unspecified atom stereocenters. The van der Waals surface area contributed by atoms with Crippen LogP contribution in [-0.2, 0) is 25.4 Å². The van der Waals surface area contributed by atoms with E-state index in [0.717, 1.165) is 39.9 Å². The fraction of sp³-hybridized carbons (Fsp3) is 0.258. The smallest absolute Gasteiger partial charge is 0.290 e. The number of amides is 2. The zero-order valence-corrected chi connectivity index (χ0v) is 24.8. The maximum absolute atomic E-state index is 15.0. The third kappa shape index (κ3) is 5.16. The van der Waals surface area contributed by atoms with Crippen LogP contribution in [0.3, 0.4) is 0 Å². The van der Waals surface area contributed by atoms with Crippen LogP contribution in [0, 0.1) is 6.92 Å². The molecule has 2 aromatic heterocycles. The first kappa shape index (κ1) is 29.8. The van der Waals surface area contributed by atoms with E-state index in [4.69, 9.17) is 5.73 Å². The lowest BCUT2D eigenvalue weighted by Gasteiger charge is -2.36. The zero-order chi connectivity index (χ0) is 33.0. The van der Waals surface area contributed by atoms with Gasteiger partial charge >= 0.3 is 0 Å². The van der Waals surface area contributed by atoms with Crippen LogP contribution in [0.4, 0.5) is 20.2 Å². The van der Waals surface area contributed by atoms with E-state index < -0.39 is 35.1 Å². The van der Waals surface area contributed by atoms with Crippen LogP contribution in [0.25, 0.3) is 11.4 Å². The van der Waals surface area contributed by atoms with Gasteiger partial charge in [0.05, 0.1) is 12.6 Å². The van der Waals surface area contributed by atoms with Crippen LogP contribution >= 0.6 is 0 Å². The van der Waals surface area contributed by atoms with E-state index in [1.807, 2.05) is 19.1 Å². The van der Waals surface area contributed by atoms with Crippen LogP contribution in [-0.4, -0.2) is 49.0 Å². The van der Waals surface area contributed by atoms with Crippen molar-refractivity contribution >= 4 is 23.2 Å². The molecule has 3 heterocycles. The molecule has 5 aromatic rings. The minimum atomic E-state index is -3.29. The highest BCUT2D eigenvalue weighted by Crippen LogP contribution is 2.39. The minimum Gasteiger partial charge on any atom is -0.394 e. The number of fused-ring (bicyclic) bond motifs is 2. The van der Waals surface area contributed by atoms with Gasteiger partial charge in [-0.3, -0.25) is 19.2 Å². The highest BCUT2D eigenvalue weighted by Gasteiger charge is 2.42. The summed E-state index contributed by atoms with van der Waals surface area (Å²) in [6.07, 6.45) is 2.55. The molecule has 47 heavy (non-hydrogen) atoms. The second-order valence-electron chi connectivity index (χ2n) is 11.5. The molecule has 7 rings (SSSR count). The standard InChI is InChI=1S/C31H26F2N10O4/c1-14-17-5-7-21(19(17)4-3-18(14)28-39-41-42-40-28)38-30(47)23-9-22(36-13-37-23)29(46)35-10-15-2-6-20-16(8-15)11-43(12-31(20,32)33)25-24(34)26(44)27(25)45/h2-4,6,8-9,13,21H,5,7,10-12,34H2,1H3,(H,35,46)(H,38,47)(H,39,40,41,42)/t21-/m0/s1. The number of benzene rings is 2. The number of alkyl halides is 2. The lowest BCUT2D eigenvalue weighted by molar-refractivity contribution is -0.00253. The molecule has 2 amide bonds. The molecule has 0 bridgehead atoms. The number of H-pyrrole nitrogens is 1. The second kappa shape index (κ2) is 11.1. The summed E-state index contributed by atoms with van der Waals surface area (Å²) in [5.74, 6) is -3.87. The van der Waals surface area contributed by atoms with Crippen molar-refractivity contribution in [3.8, 4) is 11.4 Å². The lowest BCUT2D eigenvalue weighted by atomic mass is 9.93. The molecule has 0 saturated carbocycles. The number of aromatic nitrogens is 6. The number of halogens is 2. The van der Waals surface area contributed by atoms with Crippen molar-refractivity contribution in [1.29, 1.82) is 0 Å². The van der Waals surface area contributed by atoms with Crippen molar-refractivity contribution in [3.05, 3.63) is 108 Å². The Kier molecular flexibility index (Phi) is 7.06. The van der Waals surface area contributed by atoms with Crippen LogP contribution in [0.1, 0.15) is 66.8 Å². The quantitative estimate of drug-likeness (QED) is 0.188. The summed E-state index contributed by atoms with van der Waals surface area (Å²) in [7, 11) is 0. The van der Waals surface area contributed by atoms with Gasteiger partial charge in [0, 0.05) is 30.3 Å².